The highest BCUT2D eigenvalue weighted by molar-refractivity contribution is 6.35. The molecule has 4 rings (SSSR count). The smallest absolute Gasteiger partial charge is 0.256 e. The molecule has 0 bridgehead atoms. The molecular weight excluding hydrogens is 290 g/mol. The van der Waals surface area contributed by atoms with Crippen molar-refractivity contribution in [1.82, 2.24) is 4.98 Å². The van der Waals surface area contributed by atoms with Crippen LogP contribution in [0.4, 0.5) is 11.4 Å². The Balaban J connectivity index is 1.94. The van der Waals surface area contributed by atoms with E-state index in [-0.39, 0.29) is 11.7 Å². The Hall–Kier alpha value is -3.34. The average Bonchev–Trinajstić information content (AvgIpc) is 2.86. The van der Waals surface area contributed by atoms with Crippen LogP contribution in [0.25, 0.3) is 22.6 Å². The lowest BCUT2D eigenvalue weighted by Crippen LogP contribution is -2.03. The summed E-state index contributed by atoms with van der Waals surface area (Å²) < 4.78 is 0. The molecule has 3 aromatic rings. The average molecular weight is 303 g/mol. The first kappa shape index (κ1) is 13.3. The highest BCUT2D eigenvalue weighted by Crippen LogP contribution is 2.36. The number of nitrogens with one attached hydrogen (secondary N) is 1. The van der Waals surface area contributed by atoms with E-state index in [1.165, 1.54) is 0 Å². The van der Waals surface area contributed by atoms with Gasteiger partial charge in [-0.1, -0.05) is 12.1 Å². The number of anilines is 2. The SMILES string of the molecule is Nc1ccc2c(c1)C(=Cc1ccc(O)c3ncccc13)C(=O)N2. The van der Waals surface area contributed by atoms with Crippen molar-refractivity contribution >= 4 is 39.8 Å². The van der Waals surface area contributed by atoms with Gasteiger partial charge in [-0.2, -0.15) is 0 Å². The number of nitrogens with two attached hydrogens (primary N) is 1. The van der Waals surface area contributed by atoms with E-state index in [2.05, 4.69) is 10.3 Å². The lowest BCUT2D eigenvalue weighted by molar-refractivity contribution is -0.110. The quantitative estimate of drug-likeness (QED) is 0.476. The molecule has 0 fully saturated rings. The highest BCUT2D eigenvalue weighted by atomic mass is 16.3. The number of hydrogen-bond acceptors (Lipinski definition) is 4. The van der Waals surface area contributed by atoms with Crippen molar-refractivity contribution in [2.24, 2.45) is 0 Å². The predicted molar refractivity (Wildman–Crippen MR) is 90.8 cm³/mol. The number of rotatable bonds is 1. The van der Waals surface area contributed by atoms with Crippen molar-refractivity contribution in [1.29, 1.82) is 0 Å². The molecule has 0 unspecified atom stereocenters. The molecule has 23 heavy (non-hydrogen) atoms. The summed E-state index contributed by atoms with van der Waals surface area (Å²) in [6, 6.07) is 12.3. The summed E-state index contributed by atoms with van der Waals surface area (Å²) >= 11 is 0. The highest BCUT2D eigenvalue weighted by Gasteiger charge is 2.24. The number of phenols is 1. The third-order valence-corrected chi connectivity index (χ3v) is 3.91. The largest absolute Gasteiger partial charge is 0.506 e. The number of pyridine rings is 1. The maximum Gasteiger partial charge on any atom is 0.256 e. The second kappa shape index (κ2) is 4.84. The molecule has 112 valence electrons. The standard InChI is InChI=1S/C18H13N3O2/c19-11-4-5-15-13(9-11)14(18(23)21-15)8-10-3-6-16(22)17-12(10)2-1-7-20-17/h1-9,22H,19H2,(H,21,23). The number of aromatic hydroxyl groups is 1. The number of hydrogen-bond donors (Lipinski definition) is 3. The van der Waals surface area contributed by atoms with Gasteiger partial charge in [0.2, 0.25) is 0 Å². The third kappa shape index (κ3) is 2.10. The number of phenolic OH excluding ortho intramolecular Hbond substituents is 1. The van der Waals surface area contributed by atoms with Crippen molar-refractivity contribution in [3.05, 3.63) is 59.8 Å². The molecule has 1 aliphatic rings. The van der Waals surface area contributed by atoms with E-state index >= 15 is 0 Å². The Morgan fingerprint density at radius 1 is 1.17 bits per heavy atom. The van der Waals surface area contributed by atoms with Gasteiger partial charge in [0.1, 0.15) is 11.3 Å². The van der Waals surface area contributed by atoms with E-state index < -0.39 is 0 Å². The molecule has 2 aromatic carbocycles. The van der Waals surface area contributed by atoms with Crippen LogP contribution in [-0.4, -0.2) is 16.0 Å². The Morgan fingerprint density at radius 3 is 2.91 bits per heavy atom. The maximum absolute atomic E-state index is 12.3. The lowest BCUT2D eigenvalue weighted by atomic mass is 10.0. The molecule has 0 radical (unpaired) electrons. The molecule has 2 heterocycles. The summed E-state index contributed by atoms with van der Waals surface area (Å²) in [5.41, 5.74) is 9.82. The van der Waals surface area contributed by atoms with Crippen molar-refractivity contribution in [3.63, 3.8) is 0 Å². The first-order valence-corrected chi connectivity index (χ1v) is 7.13. The van der Waals surface area contributed by atoms with Crippen LogP contribution in [0.15, 0.2) is 48.7 Å². The number of carbonyl (C=O) groups excluding carboxylic acids is 1. The van der Waals surface area contributed by atoms with Crippen LogP contribution < -0.4 is 11.1 Å². The van der Waals surface area contributed by atoms with Crippen LogP contribution in [0.2, 0.25) is 0 Å². The van der Waals surface area contributed by atoms with Gasteiger partial charge in [-0.3, -0.25) is 9.78 Å². The van der Waals surface area contributed by atoms with E-state index in [9.17, 15) is 9.90 Å². The molecule has 0 saturated carbocycles. The second-order valence-corrected chi connectivity index (χ2v) is 5.39. The molecule has 5 heteroatoms. The lowest BCUT2D eigenvalue weighted by Gasteiger charge is -2.05. The van der Waals surface area contributed by atoms with Crippen LogP contribution >= 0.6 is 0 Å². The first-order valence-electron chi connectivity index (χ1n) is 7.13. The monoisotopic (exact) mass is 303 g/mol. The zero-order valence-electron chi connectivity index (χ0n) is 12.1. The number of aromatic nitrogens is 1. The Morgan fingerprint density at radius 2 is 2.04 bits per heavy atom. The summed E-state index contributed by atoms with van der Waals surface area (Å²) in [4.78, 5) is 16.5. The van der Waals surface area contributed by atoms with Crippen molar-refractivity contribution in [2.75, 3.05) is 11.1 Å². The zero-order valence-corrected chi connectivity index (χ0v) is 12.1. The van der Waals surface area contributed by atoms with E-state index in [1.807, 2.05) is 6.07 Å². The summed E-state index contributed by atoms with van der Waals surface area (Å²) in [6.07, 6.45) is 3.42. The van der Waals surface area contributed by atoms with Gasteiger partial charge in [0.15, 0.2) is 0 Å². The van der Waals surface area contributed by atoms with Gasteiger partial charge >= 0.3 is 0 Å². The van der Waals surface area contributed by atoms with E-state index in [0.717, 1.165) is 22.2 Å². The first-order chi connectivity index (χ1) is 11.1. The van der Waals surface area contributed by atoms with Crippen molar-refractivity contribution in [3.8, 4) is 5.75 Å². The van der Waals surface area contributed by atoms with Crippen LogP contribution in [-0.2, 0) is 4.79 Å². The number of benzene rings is 2. The fourth-order valence-corrected chi connectivity index (χ4v) is 2.81. The fraction of sp³-hybridized carbons (Fsp3) is 0. The molecule has 0 saturated heterocycles. The minimum Gasteiger partial charge on any atom is -0.506 e. The molecule has 0 spiro atoms. The van der Waals surface area contributed by atoms with Gasteiger partial charge in [0.05, 0.1) is 0 Å². The summed E-state index contributed by atoms with van der Waals surface area (Å²) in [5.74, 6) is -0.0565. The summed E-state index contributed by atoms with van der Waals surface area (Å²) in [5, 5.41) is 13.5. The van der Waals surface area contributed by atoms with Gasteiger partial charge in [-0.25, -0.2) is 0 Å². The number of amides is 1. The third-order valence-electron chi connectivity index (χ3n) is 3.91. The molecule has 5 nitrogen and oxygen atoms in total. The van der Waals surface area contributed by atoms with Gasteiger partial charge in [-0.05, 0) is 42.0 Å². The zero-order chi connectivity index (χ0) is 16.0. The number of nitrogen functional groups attached to an aromatic ring is 1. The molecular formula is C18H13N3O2. The molecule has 4 N–H and O–H groups in total. The van der Waals surface area contributed by atoms with Crippen molar-refractivity contribution in [2.45, 2.75) is 0 Å². The molecule has 1 amide bonds. The number of fused-ring (bicyclic) bond motifs is 2. The second-order valence-electron chi connectivity index (χ2n) is 5.39. The van der Waals surface area contributed by atoms with Crippen molar-refractivity contribution < 1.29 is 9.90 Å². The Labute approximate surface area is 132 Å². The van der Waals surface area contributed by atoms with E-state index in [0.29, 0.717) is 16.8 Å². The van der Waals surface area contributed by atoms with Gasteiger partial charge in [-0.15, -0.1) is 0 Å². The maximum atomic E-state index is 12.3. The molecule has 1 aliphatic heterocycles. The predicted octanol–water partition coefficient (Wildman–Crippen LogP) is 3.02. The molecule has 1 aromatic heterocycles. The molecule has 0 atom stereocenters. The summed E-state index contributed by atoms with van der Waals surface area (Å²) in [7, 11) is 0. The van der Waals surface area contributed by atoms with Crippen LogP contribution in [0.1, 0.15) is 11.1 Å². The van der Waals surface area contributed by atoms with Gasteiger partial charge < -0.3 is 16.2 Å². The summed E-state index contributed by atoms with van der Waals surface area (Å²) in [6.45, 7) is 0. The minimum atomic E-state index is -0.171. The Bertz CT molecular complexity index is 993. The van der Waals surface area contributed by atoms with Gasteiger partial charge in [0, 0.05) is 34.1 Å². The van der Waals surface area contributed by atoms with E-state index in [1.54, 1.807) is 48.7 Å². The van der Waals surface area contributed by atoms with Gasteiger partial charge in [0.25, 0.3) is 5.91 Å². The van der Waals surface area contributed by atoms with Crippen LogP contribution in [0.3, 0.4) is 0 Å². The Kier molecular flexibility index (Phi) is 2.81. The number of carbonyl (C=O) groups is 1. The minimum absolute atomic E-state index is 0.114. The normalized spacial score (nSPS) is 15.0. The van der Waals surface area contributed by atoms with Crippen LogP contribution in [0.5, 0.6) is 5.75 Å². The topological polar surface area (TPSA) is 88.2 Å². The fourth-order valence-electron chi connectivity index (χ4n) is 2.81. The van der Waals surface area contributed by atoms with E-state index in [4.69, 9.17) is 5.73 Å². The van der Waals surface area contributed by atoms with Crippen LogP contribution in [0, 0.1) is 0 Å². The number of nitrogens with zero attached hydrogens (tertiary/aromatic N) is 1. The molecule has 0 aliphatic carbocycles.